The van der Waals surface area contributed by atoms with Crippen LogP contribution in [0.4, 0.5) is 11.5 Å². The molecule has 0 bridgehead atoms. The Bertz CT molecular complexity index is 1490. The summed E-state index contributed by atoms with van der Waals surface area (Å²) in [5.74, 6) is 1.64. The van der Waals surface area contributed by atoms with Crippen LogP contribution in [0.3, 0.4) is 0 Å². The summed E-state index contributed by atoms with van der Waals surface area (Å²) in [4.78, 5) is 26.7. The first kappa shape index (κ1) is 21.5. The summed E-state index contributed by atoms with van der Waals surface area (Å²) < 4.78 is 0. The van der Waals surface area contributed by atoms with E-state index in [0.717, 1.165) is 76.7 Å². The molecule has 178 valence electrons. The fourth-order valence-corrected chi connectivity index (χ4v) is 4.54. The number of hydrogen-bond donors (Lipinski definition) is 3. The highest BCUT2D eigenvalue weighted by molar-refractivity contribution is 5.95. The summed E-state index contributed by atoms with van der Waals surface area (Å²) >= 11 is 0. The smallest absolute Gasteiger partial charge is 0.181 e. The molecule has 0 unspecified atom stereocenters. The molecule has 10 heteroatoms. The van der Waals surface area contributed by atoms with Gasteiger partial charge in [-0.15, -0.1) is 0 Å². The lowest BCUT2D eigenvalue weighted by Crippen LogP contribution is -2.44. The maximum absolute atomic E-state index is 4.95. The summed E-state index contributed by atoms with van der Waals surface area (Å²) in [6.07, 6.45) is 7.35. The molecule has 1 aliphatic rings. The van der Waals surface area contributed by atoms with Gasteiger partial charge in [-0.05, 0) is 39.1 Å². The van der Waals surface area contributed by atoms with Crippen LogP contribution in [0.25, 0.3) is 44.7 Å². The van der Waals surface area contributed by atoms with Crippen molar-refractivity contribution < 1.29 is 0 Å². The summed E-state index contributed by atoms with van der Waals surface area (Å²) in [6.45, 7) is 8.11. The summed E-state index contributed by atoms with van der Waals surface area (Å²) in [5.41, 5.74) is 6.21. The first-order valence-electron chi connectivity index (χ1n) is 11.9. The normalized spacial score (nSPS) is 14.9. The standard InChI is InChI=1S/C25H28N10/c1-15(2)29-18-10-16(12-26-14-18)17-11-19-21(32-33-23(19)28-13-17)24-30-20-4-5-27-25(22(20)31-24)35-8-6-34(3)7-9-35/h4-5,10-15,29H,6-9H2,1-3H3,(H,30,31)(H,28,32,33). The monoisotopic (exact) mass is 468 g/mol. The van der Waals surface area contributed by atoms with Gasteiger partial charge in [-0.25, -0.2) is 15.0 Å². The van der Waals surface area contributed by atoms with Gasteiger partial charge >= 0.3 is 0 Å². The number of aromatic nitrogens is 7. The Hall–Kier alpha value is -4.05. The third kappa shape index (κ3) is 4.06. The number of rotatable bonds is 5. The van der Waals surface area contributed by atoms with E-state index < -0.39 is 0 Å². The number of fused-ring (bicyclic) bond motifs is 2. The SMILES string of the molecule is CC(C)Nc1cncc(-c2cnc3n[nH]c(-c4nc5c(N6CCN(C)CC6)nccc5[nH]4)c3c2)c1. The summed E-state index contributed by atoms with van der Waals surface area (Å²) in [6, 6.07) is 6.47. The molecule has 0 radical (unpaired) electrons. The number of piperazine rings is 1. The highest BCUT2D eigenvalue weighted by Crippen LogP contribution is 2.31. The maximum atomic E-state index is 4.95. The molecule has 0 aliphatic carbocycles. The minimum Gasteiger partial charge on any atom is -0.382 e. The highest BCUT2D eigenvalue weighted by atomic mass is 15.3. The zero-order chi connectivity index (χ0) is 23.9. The van der Waals surface area contributed by atoms with Gasteiger partial charge in [0.2, 0.25) is 0 Å². The largest absolute Gasteiger partial charge is 0.382 e. The molecule has 0 saturated carbocycles. The average Bonchev–Trinajstić information content (AvgIpc) is 3.48. The van der Waals surface area contributed by atoms with E-state index in [1.54, 1.807) is 0 Å². The number of imidazole rings is 1. The molecule has 0 amide bonds. The highest BCUT2D eigenvalue weighted by Gasteiger charge is 2.21. The maximum Gasteiger partial charge on any atom is 0.181 e. The van der Waals surface area contributed by atoms with Crippen molar-refractivity contribution in [2.24, 2.45) is 0 Å². The van der Waals surface area contributed by atoms with Crippen LogP contribution in [0, 0.1) is 0 Å². The number of aromatic amines is 2. The third-order valence-electron chi connectivity index (χ3n) is 6.36. The molecule has 1 fully saturated rings. The number of nitrogens with one attached hydrogen (secondary N) is 3. The third-order valence-corrected chi connectivity index (χ3v) is 6.36. The summed E-state index contributed by atoms with van der Waals surface area (Å²) in [5, 5.41) is 11.9. The zero-order valence-corrected chi connectivity index (χ0v) is 20.1. The number of anilines is 2. The Morgan fingerprint density at radius 1 is 1.00 bits per heavy atom. The molecule has 0 aromatic carbocycles. The lowest BCUT2D eigenvalue weighted by Gasteiger charge is -2.33. The fraction of sp³-hybridized carbons (Fsp3) is 0.320. The van der Waals surface area contributed by atoms with E-state index in [4.69, 9.17) is 4.98 Å². The van der Waals surface area contributed by atoms with Crippen LogP contribution < -0.4 is 10.2 Å². The van der Waals surface area contributed by atoms with E-state index in [9.17, 15) is 0 Å². The van der Waals surface area contributed by atoms with Crippen molar-refractivity contribution in [1.82, 2.24) is 40.0 Å². The predicted molar refractivity (Wildman–Crippen MR) is 138 cm³/mol. The number of pyridine rings is 3. The molecule has 1 aliphatic heterocycles. The Kier molecular flexibility index (Phi) is 5.29. The van der Waals surface area contributed by atoms with Gasteiger partial charge in [0.1, 0.15) is 11.2 Å². The van der Waals surface area contributed by atoms with Crippen molar-refractivity contribution >= 4 is 33.6 Å². The predicted octanol–water partition coefficient (Wildman–Crippen LogP) is 3.53. The first-order valence-corrected chi connectivity index (χ1v) is 11.9. The van der Waals surface area contributed by atoms with E-state index in [-0.39, 0.29) is 0 Å². The van der Waals surface area contributed by atoms with Gasteiger partial charge in [0.15, 0.2) is 17.3 Å². The molecule has 5 aromatic heterocycles. The van der Waals surface area contributed by atoms with Crippen LogP contribution in [0.2, 0.25) is 0 Å². The van der Waals surface area contributed by atoms with Gasteiger partial charge in [-0.3, -0.25) is 10.1 Å². The van der Waals surface area contributed by atoms with Gasteiger partial charge in [0, 0.05) is 68.1 Å². The van der Waals surface area contributed by atoms with E-state index in [2.05, 4.69) is 78.3 Å². The molecule has 6 heterocycles. The number of H-pyrrole nitrogens is 2. The second kappa shape index (κ2) is 8.62. The molecule has 6 rings (SSSR count). The zero-order valence-electron chi connectivity index (χ0n) is 20.1. The quantitative estimate of drug-likeness (QED) is 0.359. The minimum absolute atomic E-state index is 0.325. The number of nitrogens with zero attached hydrogens (tertiary/aromatic N) is 7. The molecule has 35 heavy (non-hydrogen) atoms. The topological polar surface area (TPSA) is 115 Å². The molecule has 1 saturated heterocycles. The Labute approximate surface area is 202 Å². The van der Waals surface area contributed by atoms with Crippen molar-refractivity contribution in [3.63, 3.8) is 0 Å². The van der Waals surface area contributed by atoms with E-state index in [1.807, 2.05) is 30.9 Å². The molecule has 3 N–H and O–H groups in total. The van der Waals surface area contributed by atoms with E-state index in [0.29, 0.717) is 11.7 Å². The van der Waals surface area contributed by atoms with E-state index >= 15 is 0 Å². The van der Waals surface area contributed by atoms with Crippen molar-refractivity contribution in [3.8, 4) is 22.6 Å². The Morgan fingerprint density at radius 2 is 1.83 bits per heavy atom. The van der Waals surface area contributed by atoms with Crippen LogP contribution in [0.1, 0.15) is 13.8 Å². The summed E-state index contributed by atoms with van der Waals surface area (Å²) in [7, 11) is 2.15. The lowest BCUT2D eigenvalue weighted by atomic mass is 10.1. The second-order valence-corrected chi connectivity index (χ2v) is 9.36. The molecule has 5 aromatic rings. The van der Waals surface area contributed by atoms with Crippen LogP contribution in [-0.2, 0) is 0 Å². The Balaban J connectivity index is 1.39. The van der Waals surface area contributed by atoms with Gasteiger partial charge in [-0.2, -0.15) is 5.10 Å². The molecule has 10 nitrogen and oxygen atoms in total. The van der Waals surface area contributed by atoms with Crippen molar-refractivity contribution in [1.29, 1.82) is 0 Å². The van der Waals surface area contributed by atoms with Gasteiger partial charge in [-0.1, -0.05) is 0 Å². The molecule has 0 spiro atoms. The molecular formula is C25H28N10. The lowest BCUT2D eigenvalue weighted by molar-refractivity contribution is 0.312. The van der Waals surface area contributed by atoms with Crippen LogP contribution >= 0.6 is 0 Å². The van der Waals surface area contributed by atoms with Crippen LogP contribution in [-0.4, -0.2) is 79.3 Å². The molecule has 0 atom stereocenters. The Morgan fingerprint density at radius 3 is 2.66 bits per heavy atom. The van der Waals surface area contributed by atoms with Gasteiger partial charge in [0.25, 0.3) is 0 Å². The average molecular weight is 469 g/mol. The number of hydrogen-bond acceptors (Lipinski definition) is 8. The van der Waals surface area contributed by atoms with Gasteiger partial charge in [0.05, 0.1) is 16.6 Å². The van der Waals surface area contributed by atoms with Crippen molar-refractivity contribution in [2.75, 3.05) is 43.4 Å². The number of likely N-dealkylation sites (N-methyl/N-ethyl adjacent to an activating group) is 1. The van der Waals surface area contributed by atoms with Gasteiger partial charge < -0.3 is 20.1 Å². The van der Waals surface area contributed by atoms with Crippen LogP contribution in [0.15, 0.2) is 43.0 Å². The van der Waals surface area contributed by atoms with Crippen LogP contribution in [0.5, 0.6) is 0 Å². The van der Waals surface area contributed by atoms with Crippen molar-refractivity contribution in [2.45, 2.75) is 19.9 Å². The van der Waals surface area contributed by atoms with Crippen molar-refractivity contribution in [3.05, 3.63) is 43.0 Å². The first-order chi connectivity index (χ1) is 17.0. The minimum atomic E-state index is 0.325. The second-order valence-electron chi connectivity index (χ2n) is 9.36. The fourth-order valence-electron chi connectivity index (χ4n) is 4.54. The molecular weight excluding hydrogens is 440 g/mol. The van der Waals surface area contributed by atoms with E-state index in [1.165, 1.54) is 0 Å².